The Labute approximate surface area is 97.0 Å². The molecule has 1 aromatic rings. The highest BCUT2D eigenvalue weighted by molar-refractivity contribution is 5.06. The Hall–Kier alpha value is -0.930. The lowest BCUT2D eigenvalue weighted by molar-refractivity contribution is -0.0183. The van der Waals surface area contributed by atoms with E-state index in [-0.39, 0.29) is 0 Å². The Morgan fingerprint density at radius 3 is 3.00 bits per heavy atom. The summed E-state index contributed by atoms with van der Waals surface area (Å²) < 4.78 is 5.95. The number of nitrogens with zero attached hydrogens (tertiary/aromatic N) is 1. The molecule has 0 aliphatic heterocycles. The van der Waals surface area contributed by atoms with Gasteiger partial charge in [0.1, 0.15) is 0 Å². The summed E-state index contributed by atoms with van der Waals surface area (Å²) in [6.45, 7) is 1.41. The van der Waals surface area contributed by atoms with Crippen molar-refractivity contribution in [2.45, 2.75) is 38.4 Å². The minimum absolute atomic E-state index is 0.346. The number of hydrogen-bond donors (Lipinski definition) is 1. The Bertz CT molecular complexity index is 302. The highest BCUT2D eigenvalue weighted by Gasteiger charge is 2.24. The topological polar surface area (TPSA) is 48.1 Å². The zero-order chi connectivity index (χ0) is 11.2. The first-order valence-electron chi connectivity index (χ1n) is 6.10. The summed E-state index contributed by atoms with van der Waals surface area (Å²) in [5, 5.41) is 0. The summed E-state index contributed by atoms with van der Waals surface area (Å²) in [5.41, 5.74) is 6.91. The third-order valence-corrected chi connectivity index (χ3v) is 3.33. The van der Waals surface area contributed by atoms with Gasteiger partial charge in [-0.3, -0.25) is 4.98 Å². The minimum atomic E-state index is 0.346. The lowest BCUT2D eigenvalue weighted by Gasteiger charge is -2.30. The van der Waals surface area contributed by atoms with Crippen LogP contribution in [0.1, 0.15) is 31.2 Å². The van der Waals surface area contributed by atoms with Gasteiger partial charge in [-0.2, -0.15) is 0 Å². The molecule has 2 unspecified atom stereocenters. The average molecular weight is 220 g/mol. The number of rotatable bonds is 4. The molecule has 88 valence electrons. The molecule has 3 nitrogen and oxygen atoms in total. The van der Waals surface area contributed by atoms with Gasteiger partial charge in [-0.05, 0) is 36.9 Å². The standard InChI is InChI=1S/C13H20N2O/c14-8-12-5-1-2-6-13(12)16-10-11-4-3-7-15-9-11/h3-4,7,9,12-13H,1-2,5-6,8,10,14H2. The third-order valence-electron chi connectivity index (χ3n) is 3.33. The van der Waals surface area contributed by atoms with Crippen molar-refractivity contribution < 1.29 is 4.74 Å². The lowest BCUT2D eigenvalue weighted by Crippen LogP contribution is -2.33. The van der Waals surface area contributed by atoms with Crippen LogP contribution in [-0.4, -0.2) is 17.6 Å². The van der Waals surface area contributed by atoms with E-state index in [1.54, 1.807) is 6.20 Å². The number of pyridine rings is 1. The number of hydrogen-bond acceptors (Lipinski definition) is 3. The normalized spacial score (nSPS) is 25.6. The molecule has 0 amide bonds. The molecule has 2 rings (SSSR count). The highest BCUT2D eigenvalue weighted by atomic mass is 16.5. The molecule has 0 radical (unpaired) electrons. The van der Waals surface area contributed by atoms with Crippen molar-refractivity contribution in [1.29, 1.82) is 0 Å². The fourth-order valence-corrected chi connectivity index (χ4v) is 2.35. The van der Waals surface area contributed by atoms with Crippen LogP contribution in [0.4, 0.5) is 0 Å². The van der Waals surface area contributed by atoms with Gasteiger partial charge in [0.05, 0.1) is 12.7 Å². The number of aromatic nitrogens is 1. The summed E-state index contributed by atoms with van der Waals surface area (Å²) in [5.74, 6) is 0.547. The van der Waals surface area contributed by atoms with Crippen LogP contribution in [0.5, 0.6) is 0 Å². The van der Waals surface area contributed by atoms with Crippen LogP contribution in [0.25, 0.3) is 0 Å². The van der Waals surface area contributed by atoms with E-state index >= 15 is 0 Å². The number of nitrogens with two attached hydrogens (primary N) is 1. The molecule has 0 bridgehead atoms. The van der Waals surface area contributed by atoms with Gasteiger partial charge in [-0.25, -0.2) is 0 Å². The van der Waals surface area contributed by atoms with E-state index < -0.39 is 0 Å². The van der Waals surface area contributed by atoms with Gasteiger partial charge in [0, 0.05) is 12.4 Å². The summed E-state index contributed by atoms with van der Waals surface area (Å²) in [4.78, 5) is 4.08. The molecule has 1 aromatic heterocycles. The van der Waals surface area contributed by atoms with Gasteiger partial charge >= 0.3 is 0 Å². The van der Waals surface area contributed by atoms with E-state index in [0.29, 0.717) is 18.6 Å². The average Bonchev–Trinajstić information content (AvgIpc) is 2.38. The molecule has 1 saturated carbocycles. The van der Waals surface area contributed by atoms with Crippen molar-refractivity contribution >= 4 is 0 Å². The smallest absolute Gasteiger partial charge is 0.0735 e. The monoisotopic (exact) mass is 220 g/mol. The SMILES string of the molecule is NCC1CCCCC1OCc1cccnc1. The third kappa shape index (κ3) is 3.03. The summed E-state index contributed by atoms with van der Waals surface area (Å²) >= 11 is 0. The second kappa shape index (κ2) is 5.97. The van der Waals surface area contributed by atoms with Crippen molar-refractivity contribution in [2.24, 2.45) is 11.7 Å². The van der Waals surface area contributed by atoms with Crippen molar-refractivity contribution in [3.8, 4) is 0 Å². The molecule has 16 heavy (non-hydrogen) atoms. The molecule has 0 spiro atoms. The molecule has 2 atom stereocenters. The molecule has 0 aromatic carbocycles. The van der Waals surface area contributed by atoms with E-state index in [0.717, 1.165) is 18.5 Å². The molecule has 1 aliphatic carbocycles. The van der Waals surface area contributed by atoms with Crippen LogP contribution >= 0.6 is 0 Å². The Kier molecular flexibility index (Phi) is 4.31. The second-order valence-corrected chi connectivity index (χ2v) is 4.49. The predicted molar refractivity (Wildman–Crippen MR) is 63.8 cm³/mol. The van der Waals surface area contributed by atoms with Gasteiger partial charge in [0.25, 0.3) is 0 Å². The van der Waals surface area contributed by atoms with Gasteiger partial charge < -0.3 is 10.5 Å². The van der Waals surface area contributed by atoms with Crippen LogP contribution in [0.3, 0.4) is 0 Å². The fraction of sp³-hybridized carbons (Fsp3) is 0.615. The molecule has 1 fully saturated rings. The molecule has 1 heterocycles. The summed E-state index contributed by atoms with van der Waals surface area (Å²) in [6, 6.07) is 3.99. The van der Waals surface area contributed by atoms with Crippen LogP contribution in [0.2, 0.25) is 0 Å². The van der Waals surface area contributed by atoms with E-state index in [9.17, 15) is 0 Å². The van der Waals surface area contributed by atoms with Crippen molar-refractivity contribution in [3.05, 3.63) is 30.1 Å². The second-order valence-electron chi connectivity index (χ2n) is 4.49. The van der Waals surface area contributed by atoms with E-state index in [4.69, 9.17) is 10.5 Å². The van der Waals surface area contributed by atoms with Crippen LogP contribution in [0, 0.1) is 5.92 Å². The maximum absolute atomic E-state index is 5.95. The van der Waals surface area contributed by atoms with Crippen molar-refractivity contribution in [1.82, 2.24) is 4.98 Å². The predicted octanol–water partition coefficient (Wildman–Crippen LogP) is 2.12. The van der Waals surface area contributed by atoms with Gasteiger partial charge in [0.15, 0.2) is 0 Å². The first-order valence-corrected chi connectivity index (χ1v) is 6.10. The molecule has 0 saturated heterocycles. The molecular formula is C13H20N2O. The van der Waals surface area contributed by atoms with Crippen LogP contribution in [-0.2, 0) is 11.3 Å². The van der Waals surface area contributed by atoms with E-state index in [1.165, 1.54) is 19.3 Å². The minimum Gasteiger partial charge on any atom is -0.373 e. The number of ether oxygens (including phenoxy) is 1. The Balaban J connectivity index is 1.84. The fourth-order valence-electron chi connectivity index (χ4n) is 2.35. The van der Waals surface area contributed by atoms with Crippen LogP contribution < -0.4 is 5.73 Å². The molecule has 2 N–H and O–H groups in total. The first-order chi connectivity index (χ1) is 7.90. The van der Waals surface area contributed by atoms with Crippen LogP contribution in [0.15, 0.2) is 24.5 Å². The maximum atomic E-state index is 5.95. The quantitative estimate of drug-likeness (QED) is 0.845. The van der Waals surface area contributed by atoms with Crippen molar-refractivity contribution in [2.75, 3.05) is 6.54 Å². The highest BCUT2D eigenvalue weighted by Crippen LogP contribution is 2.26. The summed E-state index contributed by atoms with van der Waals surface area (Å²) in [7, 11) is 0. The molecule has 3 heteroatoms. The van der Waals surface area contributed by atoms with Gasteiger partial charge in [-0.1, -0.05) is 18.9 Å². The lowest BCUT2D eigenvalue weighted by atomic mass is 9.86. The Morgan fingerprint density at radius 1 is 1.38 bits per heavy atom. The molecular weight excluding hydrogens is 200 g/mol. The van der Waals surface area contributed by atoms with Gasteiger partial charge in [-0.15, -0.1) is 0 Å². The summed E-state index contributed by atoms with van der Waals surface area (Å²) in [6.07, 6.45) is 8.94. The first kappa shape index (κ1) is 11.6. The van der Waals surface area contributed by atoms with Gasteiger partial charge in [0.2, 0.25) is 0 Å². The maximum Gasteiger partial charge on any atom is 0.0735 e. The molecule has 1 aliphatic rings. The van der Waals surface area contributed by atoms with E-state index in [2.05, 4.69) is 4.98 Å². The van der Waals surface area contributed by atoms with Crippen molar-refractivity contribution in [3.63, 3.8) is 0 Å². The Morgan fingerprint density at radius 2 is 2.25 bits per heavy atom. The van der Waals surface area contributed by atoms with E-state index in [1.807, 2.05) is 18.3 Å². The largest absolute Gasteiger partial charge is 0.373 e. The zero-order valence-electron chi connectivity index (χ0n) is 9.64. The zero-order valence-corrected chi connectivity index (χ0v) is 9.64.